The van der Waals surface area contributed by atoms with E-state index < -0.39 is 0 Å². The van der Waals surface area contributed by atoms with Crippen LogP contribution in [0.25, 0.3) is 0 Å². The smallest absolute Gasteiger partial charge is 0.127 e. The Morgan fingerprint density at radius 1 is 0.864 bits per heavy atom. The third-order valence-corrected chi connectivity index (χ3v) is 4.41. The SMILES string of the molecule is C[NH+]1CC[NH+](Cc2cccc(OCc3ccccc3)c2)CC1. The monoisotopic (exact) mass is 298 g/mol. The van der Waals surface area contributed by atoms with Crippen molar-refractivity contribution >= 4 is 0 Å². The zero-order chi connectivity index (χ0) is 15.2. The summed E-state index contributed by atoms with van der Waals surface area (Å²) in [6, 6.07) is 18.9. The van der Waals surface area contributed by atoms with Crippen LogP contribution in [0.15, 0.2) is 54.6 Å². The van der Waals surface area contributed by atoms with Crippen molar-refractivity contribution in [2.45, 2.75) is 13.2 Å². The number of piperazine rings is 1. The minimum absolute atomic E-state index is 0.634. The fourth-order valence-corrected chi connectivity index (χ4v) is 2.98. The number of quaternary nitrogens is 2. The Bertz CT molecular complexity index is 577. The number of hydrogen-bond acceptors (Lipinski definition) is 1. The third-order valence-electron chi connectivity index (χ3n) is 4.41. The van der Waals surface area contributed by atoms with Gasteiger partial charge in [-0.15, -0.1) is 0 Å². The van der Waals surface area contributed by atoms with E-state index >= 15 is 0 Å². The van der Waals surface area contributed by atoms with Crippen LogP contribution in [0.5, 0.6) is 5.75 Å². The van der Waals surface area contributed by atoms with Crippen molar-refractivity contribution in [2.75, 3.05) is 33.2 Å². The summed E-state index contributed by atoms with van der Waals surface area (Å²) in [7, 11) is 2.29. The highest BCUT2D eigenvalue weighted by Crippen LogP contribution is 2.14. The summed E-state index contributed by atoms with van der Waals surface area (Å²) in [6.07, 6.45) is 0. The van der Waals surface area contributed by atoms with Crippen molar-refractivity contribution in [3.63, 3.8) is 0 Å². The Morgan fingerprint density at radius 3 is 2.36 bits per heavy atom. The summed E-state index contributed by atoms with van der Waals surface area (Å²) >= 11 is 0. The second-order valence-corrected chi connectivity index (χ2v) is 6.31. The number of rotatable bonds is 5. The van der Waals surface area contributed by atoms with Gasteiger partial charge in [-0.25, -0.2) is 0 Å². The molecule has 1 aliphatic heterocycles. The van der Waals surface area contributed by atoms with Gasteiger partial charge in [0.15, 0.2) is 0 Å². The second kappa shape index (κ2) is 7.43. The van der Waals surface area contributed by atoms with Crippen molar-refractivity contribution in [3.05, 3.63) is 65.7 Å². The molecular weight excluding hydrogens is 272 g/mol. The average molecular weight is 298 g/mol. The molecule has 1 saturated heterocycles. The van der Waals surface area contributed by atoms with E-state index in [4.69, 9.17) is 4.74 Å². The molecule has 1 fully saturated rings. The van der Waals surface area contributed by atoms with E-state index in [1.807, 2.05) is 18.2 Å². The maximum absolute atomic E-state index is 5.93. The van der Waals surface area contributed by atoms with Crippen LogP contribution in [-0.4, -0.2) is 33.2 Å². The van der Waals surface area contributed by atoms with Gasteiger partial charge in [-0.1, -0.05) is 42.5 Å². The Labute approximate surface area is 133 Å². The number of benzene rings is 2. The van der Waals surface area contributed by atoms with Crippen LogP contribution in [-0.2, 0) is 13.2 Å². The fraction of sp³-hybridized carbons (Fsp3) is 0.368. The molecule has 0 radical (unpaired) electrons. The Morgan fingerprint density at radius 2 is 1.59 bits per heavy atom. The van der Waals surface area contributed by atoms with Gasteiger partial charge in [-0.3, -0.25) is 0 Å². The number of nitrogens with one attached hydrogen (secondary N) is 2. The summed E-state index contributed by atoms with van der Waals surface area (Å²) in [5, 5.41) is 0. The quantitative estimate of drug-likeness (QED) is 0.806. The van der Waals surface area contributed by atoms with Gasteiger partial charge >= 0.3 is 0 Å². The lowest BCUT2D eigenvalue weighted by molar-refractivity contribution is -1.01. The van der Waals surface area contributed by atoms with E-state index in [-0.39, 0.29) is 0 Å². The summed E-state index contributed by atoms with van der Waals surface area (Å²) in [5.74, 6) is 0.973. The van der Waals surface area contributed by atoms with Gasteiger partial charge < -0.3 is 14.5 Å². The van der Waals surface area contributed by atoms with E-state index in [1.165, 1.54) is 37.3 Å². The predicted octanol–water partition coefficient (Wildman–Crippen LogP) is 0.179. The zero-order valence-corrected chi connectivity index (χ0v) is 13.3. The standard InChI is InChI=1S/C19H24N2O/c1-20-10-12-21(13-11-20)15-18-8-5-9-19(14-18)22-16-17-6-3-2-4-7-17/h2-9,14H,10-13,15-16H2,1H3/p+2. The zero-order valence-electron chi connectivity index (χ0n) is 13.3. The first-order chi connectivity index (χ1) is 10.8. The molecule has 0 aliphatic carbocycles. The summed E-state index contributed by atoms with van der Waals surface area (Å²) in [4.78, 5) is 3.34. The molecule has 2 aromatic carbocycles. The maximum Gasteiger partial charge on any atom is 0.127 e. The molecule has 0 unspecified atom stereocenters. The van der Waals surface area contributed by atoms with E-state index in [1.54, 1.807) is 9.80 Å². The maximum atomic E-state index is 5.93. The van der Waals surface area contributed by atoms with Gasteiger partial charge in [0.05, 0.1) is 7.05 Å². The van der Waals surface area contributed by atoms with Gasteiger partial charge in [0, 0.05) is 5.56 Å². The molecule has 116 valence electrons. The van der Waals surface area contributed by atoms with Crippen molar-refractivity contribution < 1.29 is 14.5 Å². The van der Waals surface area contributed by atoms with E-state index in [2.05, 4.69) is 43.4 Å². The Balaban J connectivity index is 1.55. The van der Waals surface area contributed by atoms with Gasteiger partial charge in [0.25, 0.3) is 0 Å². The summed E-state index contributed by atoms with van der Waals surface area (Å²) in [5.41, 5.74) is 2.58. The molecule has 0 bridgehead atoms. The Hall–Kier alpha value is -1.84. The van der Waals surface area contributed by atoms with Crippen LogP contribution in [0.1, 0.15) is 11.1 Å². The summed E-state index contributed by atoms with van der Waals surface area (Å²) in [6.45, 7) is 6.83. The second-order valence-electron chi connectivity index (χ2n) is 6.31. The van der Waals surface area contributed by atoms with E-state index in [9.17, 15) is 0 Å². The predicted molar refractivity (Wildman–Crippen MR) is 88.2 cm³/mol. The molecule has 22 heavy (non-hydrogen) atoms. The van der Waals surface area contributed by atoms with Crippen molar-refractivity contribution in [2.24, 2.45) is 0 Å². The van der Waals surface area contributed by atoms with Gasteiger partial charge in [-0.2, -0.15) is 0 Å². The lowest BCUT2D eigenvalue weighted by atomic mass is 10.2. The fourth-order valence-electron chi connectivity index (χ4n) is 2.98. The highest BCUT2D eigenvalue weighted by molar-refractivity contribution is 5.28. The summed E-state index contributed by atoms with van der Waals surface area (Å²) < 4.78 is 5.93. The van der Waals surface area contributed by atoms with Crippen molar-refractivity contribution in [1.29, 1.82) is 0 Å². The largest absolute Gasteiger partial charge is 0.489 e. The van der Waals surface area contributed by atoms with Crippen molar-refractivity contribution in [3.8, 4) is 5.75 Å². The van der Waals surface area contributed by atoms with Crippen LogP contribution in [0.3, 0.4) is 0 Å². The van der Waals surface area contributed by atoms with E-state index in [0.29, 0.717) is 6.61 Å². The van der Waals surface area contributed by atoms with Gasteiger partial charge in [0.2, 0.25) is 0 Å². The lowest BCUT2D eigenvalue weighted by Gasteiger charge is -2.27. The van der Waals surface area contributed by atoms with Crippen LogP contribution in [0.2, 0.25) is 0 Å². The molecule has 3 heteroatoms. The highest BCUT2D eigenvalue weighted by atomic mass is 16.5. The first-order valence-electron chi connectivity index (χ1n) is 8.20. The lowest BCUT2D eigenvalue weighted by Crippen LogP contribution is -3.26. The molecule has 2 N–H and O–H groups in total. The van der Waals surface area contributed by atoms with Gasteiger partial charge in [-0.05, 0) is 17.7 Å². The number of hydrogen-bond donors (Lipinski definition) is 2. The van der Waals surface area contributed by atoms with Gasteiger partial charge in [0.1, 0.15) is 45.1 Å². The molecule has 3 rings (SSSR count). The number of likely N-dealkylation sites (N-methyl/N-ethyl adjacent to an activating group) is 1. The topological polar surface area (TPSA) is 18.1 Å². The third kappa shape index (κ3) is 4.33. The minimum atomic E-state index is 0.634. The van der Waals surface area contributed by atoms with Crippen molar-refractivity contribution in [1.82, 2.24) is 0 Å². The van der Waals surface area contributed by atoms with Crippen LogP contribution >= 0.6 is 0 Å². The van der Waals surface area contributed by atoms with E-state index in [0.717, 1.165) is 12.3 Å². The molecule has 2 aromatic rings. The minimum Gasteiger partial charge on any atom is -0.489 e. The van der Waals surface area contributed by atoms with Crippen LogP contribution in [0, 0.1) is 0 Å². The first kappa shape index (κ1) is 15.1. The molecule has 0 amide bonds. The average Bonchev–Trinajstić information content (AvgIpc) is 2.57. The molecule has 0 saturated carbocycles. The number of ether oxygens (including phenoxy) is 1. The van der Waals surface area contributed by atoms with Crippen LogP contribution < -0.4 is 14.5 Å². The molecule has 3 nitrogen and oxygen atoms in total. The normalized spacial score (nSPS) is 21.5. The Kier molecular flexibility index (Phi) is 5.09. The molecular formula is C19H26N2O+2. The molecule has 0 spiro atoms. The first-order valence-corrected chi connectivity index (χ1v) is 8.20. The highest BCUT2D eigenvalue weighted by Gasteiger charge is 2.19. The molecule has 0 aromatic heterocycles. The molecule has 1 aliphatic rings. The van der Waals surface area contributed by atoms with Crippen LogP contribution in [0.4, 0.5) is 0 Å². The molecule has 0 atom stereocenters. The molecule has 1 heterocycles.